The van der Waals surface area contributed by atoms with Gasteiger partial charge in [0.15, 0.2) is 0 Å². The van der Waals surface area contributed by atoms with Crippen molar-refractivity contribution in [3.8, 4) is 11.3 Å². The van der Waals surface area contributed by atoms with Crippen LogP contribution in [0.5, 0.6) is 0 Å². The van der Waals surface area contributed by atoms with Crippen LogP contribution in [0.1, 0.15) is 59.5 Å². The second-order valence-corrected chi connectivity index (χ2v) is 8.92. The summed E-state index contributed by atoms with van der Waals surface area (Å²) in [6.07, 6.45) is 6.74. The monoisotopic (exact) mass is 416 g/mol. The summed E-state index contributed by atoms with van der Waals surface area (Å²) in [4.78, 5) is 24.5. The number of carbonyl (C=O) groups is 2. The van der Waals surface area contributed by atoms with Crippen molar-refractivity contribution in [3.05, 3.63) is 59.2 Å². The third kappa shape index (κ3) is 3.32. The van der Waals surface area contributed by atoms with Crippen LogP contribution in [0.25, 0.3) is 22.2 Å². The first-order valence-electron chi connectivity index (χ1n) is 11.3. The van der Waals surface area contributed by atoms with Gasteiger partial charge >= 0.3 is 5.97 Å². The summed E-state index contributed by atoms with van der Waals surface area (Å²) in [6, 6.07) is 13.9. The Morgan fingerprint density at radius 2 is 1.84 bits per heavy atom. The summed E-state index contributed by atoms with van der Waals surface area (Å²) in [5.74, 6) is -0.630. The van der Waals surface area contributed by atoms with Crippen molar-refractivity contribution < 1.29 is 14.7 Å². The van der Waals surface area contributed by atoms with Gasteiger partial charge in [-0.25, -0.2) is 4.79 Å². The van der Waals surface area contributed by atoms with Crippen LogP contribution in [0.3, 0.4) is 0 Å². The molecule has 5 nitrogen and oxygen atoms in total. The summed E-state index contributed by atoms with van der Waals surface area (Å²) < 4.78 is 2.23. The topological polar surface area (TPSA) is 71.3 Å². The Morgan fingerprint density at radius 3 is 2.58 bits per heavy atom. The molecule has 2 heterocycles. The molecule has 0 bridgehead atoms. The number of aromatic nitrogens is 1. The molecule has 5 rings (SSSR count). The Morgan fingerprint density at radius 1 is 1.06 bits per heavy atom. The number of carboxylic acids is 1. The molecule has 160 valence electrons. The van der Waals surface area contributed by atoms with Crippen molar-refractivity contribution in [1.82, 2.24) is 9.88 Å². The van der Waals surface area contributed by atoms with Gasteiger partial charge in [0.05, 0.1) is 17.2 Å². The van der Waals surface area contributed by atoms with Crippen molar-refractivity contribution in [2.24, 2.45) is 5.92 Å². The number of nitrogens with zero attached hydrogens (tertiary/aromatic N) is 1. The average Bonchev–Trinajstić information content (AvgIpc) is 3.01. The lowest BCUT2D eigenvalue weighted by Crippen LogP contribution is -2.31. The molecule has 2 aromatic carbocycles. The van der Waals surface area contributed by atoms with E-state index in [1.165, 1.54) is 41.6 Å². The molecule has 1 aromatic heterocycles. The normalized spacial score (nSPS) is 18.8. The van der Waals surface area contributed by atoms with Crippen molar-refractivity contribution in [2.45, 2.75) is 51.0 Å². The highest BCUT2D eigenvalue weighted by Gasteiger charge is 2.32. The van der Waals surface area contributed by atoms with E-state index in [2.05, 4.69) is 28.1 Å². The fourth-order valence-electron chi connectivity index (χ4n) is 5.65. The van der Waals surface area contributed by atoms with Gasteiger partial charge in [0, 0.05) is 30.1 Å². The van der Waals surface area contributed by atoms with Crippen LogP contribution < -0.4 is 5.32 Å². The summed E-state index contributed by atoms with van der Waals surface area (Å²) in [6.45, 7) is 0.552. The zero-order valence-electron chi connectivity index (χ0n) is 17.9. The van der Waals surface area contributed by atoms with E-state index in [1.54, 1.807) is 19.2 Å². The van der Waals surface area contributed by atoms with Gasteiger partial charge in [0.1, 0.15) is 0 Å². The molecule has 3 aromatic rings. The molecule has 5 heteroatoms. The van der Waals surface area contributed by atoms with Crippen molar-refractivity contribution in [1.29, 1.82) is 0 Å². The van der Waals surface area contributed by atoms with E-state index in [0.29, 0.717) is 18.9 Å². The Kier molecular flexibility index (Phi) is 5.05. The minimum Gasteiger partial charge on any atom is -0.478 e. The molecule has 31 heavy (non-hydrogen) atoms. The van der Waals surface area contributed by atoms with E-state index in [0.717, 1.165) is 23.7 Å². The van der Waals surface area contributed by atoms with Gasteiger partial charge in [-0.15, -0.1) is 0 Å². The van der Waals surface area contributed by atoms with Gasteiger partial charge in [-0.2, -0.15) is 0 Å². The molecule has 1 aliphatic heterocycles. The van der Waals surface area contributed by atoms with Crippen molar-refractivity contribution in [2.75, 3.05) is 7.05 Å². The van der Waals surface area contributed by atoms with E-state index in [4.69, 9.17) is 0 Å². The predicted octanol–water partition coefficient (Wildman–Crippen LogP) is 4.97. The Labute approximate surface area is 182 Å². The maximum absolute atomic E-state index is 12.7. The molecule has 2 N–H and O–H groups in total. The highest BCUT2D eigenvalue weighted by molar-refractivity contribution is 5.99. The predicted molar refractivity (Wildman–Crippen MR) is 121 cm³/mol. The minimum absolute atomic E-state index is 0.0260. The third-order valence-corrected chi connectivity index (χ3v) is 7.12. The molecule has 1 saturated carbocycles. The van der Waals surface area contributed by atoms with E-state index < -0.39 is 5.97 Å². The van der Waals surface area contributed by atoms with E-state index in [9.17, 15) is 14.7 Å². The fraction of sp³-hybridized carbons (Fsp3) is 0.385. The van der Waals surface area contributed by atoms with E-state index in [1.807, 2.05) is 12.1 Å². The summed E-state index contributed by atoms with van der Waals surface area (Å²) in [7, 11) is 1.68. The molecular weight excluding hydrogens is 388 g/mol. The summed E-state index contributed by atoms with van der Waals surface area (Å²) >= 11 is 0. The number of carboxylic acid groups (broad SMARTS) is 1. The van der Waals surface area contributed by atoms with E-state index >= 15 is 0 Å². The van der Waals surface area contributed by atoms with E-state index in [-0.39, 0.29) is 17.4 Å². The summed E-state index contributed by atoms with van der Waals surface area (Å²) in [5.41, 5.74) is 6.12. The number of rotatable bonds is 3. The van der Waals surface area contributed by atoms with Gasteiger partial charge in [0.25, 0.3) is 0 Å². The second-order valence-electron chi connectivity index (χ2n) is 8.92. The zero-order valence-corrected chi connectivity index (χ0v) is 17.9. The number of hydrogen-bond acceptors (Lipinski definition) is 2. The van der Waals surface area contributed by atoms with Crippen LogP contribution in [0.4, 0.5) is 0 Å². The van der Waals surface area contributed by atoms with Crippen LogP contribution in [0.2, 0.25) is 0 Å². The average molecular weight is 417 g/mol. The van der Waals surface area contributed by atoms with Crippen LogP contribution in [-0.4, -0.2) is 28.6 Å². The largest absolute Gasteiger partial charge is 0.478 e. The molecule has 2 aliphatic rings. The molecule has 1 amide bonds. The molecule has 0 spiro atoms. The first-order valence-corrected chi connectivity index (χ1v) is 11.3. The van der Waals surface area contributed by atoms with Gasteiger partial charge in [0.2, 0.25) is 5.91 Å². The lowest BCUT2D eigenvalue weighted by molar-refractivity contribution is -0.124. The number of nitrogens with one attached hydrogen (secondary N) is 1. The Bertz CT molecular complexity index is 1170. The number of hydrogen-bond donors (Lipinski definition) is 2. The maximum atomic E-state index is 12.7. The van der Waals surface area contributed by atoms with Crippen LogP contribution >= 0.6 is 0 Å². The number of aromatic carboxylic acids is 1. The SMILES string of the molecule is CNC(=O)C1Cc2ccccc2-c2c(C3CCCCC3)c3ccc(C(=O)O)cc3n2C1. The molecule has 1 fully saturated rings. The number of fused-ring (bicyclic) bond motifs is 5. The quantitative estimate of drug-likeness (QED) is 0.633. The van der Waals surface area contributed by atoms with Gasteiger partial charge in [-0.1, -0.05) is 49.6 Å². The third-order valence-electron chi connectivity index (χ3n) is 7.12. The molecule has 1 unspecified atom stereocenters. The first kappa shape index (κ1) is 19.9. The Hall–Kier alpha value is -3.08. The molecule has 0 saturated heterocycles. The van der Waals surface area contributed by atoms with Crippen LogP contribution in [-0.2, 0) is 17.8 Å². The van der Waals surface area contributed by atoms with Crippen molar-refractivity contribution in [3.63, 3.8) is 0 Å². The summed E-state index contributed by atoms with van der Waals surface area (Å²) in [5, 5.41) is 13.6. The number of benzene rings is 2. The molecule has 1 atom stereocenters. The second kappa shape index (κ2) is 7.88. The fourth-order valence-corrected chi connectivity index (χ4v) is 5.65. The first-order chi connectivity index (χ1) is 15.1. The molecule has 1 aliphatic carbocycles. The Balaban J connectivity index is 1.83. The number of amides is 1. The highest BCUT2D eigenvalue weighted by atomic mass is 16.4. The lowest BCUT2D eigenvalue weighted by atomic mass is 9.81. The highest BCUT2D eigenvalue weighted by Crippen LogP contribution is 2.46. The van der Waals surface area contributed by atoms with Gasteiger partial charge in [-0.3, -0.25) is 4.79 Å². The zero-order chi connectivity index (χ0) is 21.5. The molecular formula is C26H28N2O3. The standard InChI is InChI=1S/C26H28N2O3/c1-27-25(29)19-13-17-9-5-6-10-20(17)24-23(16-7-3-2-4-8-16)21-12-11-18(26(30)31)14-22(21)28(24)15-19/h5-6,9-12,14,16,19H,2-4,7-8,13,15H2,1H3,(H,27,29)(H,30,31). The van der Waals surface area contributed by atoms with Gasteiger partial charge < -0.3 is 15.0 Å². The minimum atomic E-state index is -0.923. The van der Waals surface area contributed by atoms with Crippen LogP contribution in [0, 0.1) is 5.92 Å². The van der Waals surface area contributed by atoms with Gasteiger partial charge in [-0.05, 0) is 48.4 Å². The van der Waals surface area contributed by atoms with Crippen molar-refractivity contribution >= 4 is 22.8 Å². The smallest absolute Gasteiger partial charge is 0.335 e. The molecule has 0 radical (unpaired) electrons. The van der Waals surface area contributed by atoms with Crippen LogP contribution in [0.15, 0.2) is 42.5 Å². The number of carbonyl (C=O) groups excluding carboxylic acids is 1. The maximum Gasteiger partial charge on any atom is 0.335 e. The lowest BCUT2D eigenvalue weighted by Gasteiger charge is -2.24.